The number of aromatic nitrogens is 2. The number of hydrogen-bond donors (Lipinski definition) is 1. The molecule has 1 fully saturated rings. The molecule has 4 rings (SSSR count). The van der Waals surface area contributed by atoms with E-state index in [1.54, 1.807) is 6.26 Å². The van der Waals surface area contributed by atoms with Gasteiger partial charge in [0.05, 0.1) is 30.6 Å². The van der Waals surface area contributed by atoms with Crippen molar-refractivity contribution >= 4 is 17.3 Å². The summed E-state index contributed by atoms with van der Waals surface area (Å²) in [6.07, 6.45) is 3.53. The zero-order valence-electron chi connectivity index (χ0n) is 15.1. The molecule has 5 nitrogen and oxygen atoms in total. The molecule has 26 heavy (non-hydrogen) atoms. The van der Waals surface area contributed by atoms with Gasteiger partial charge in [0.25, 0.3) is 0 Å². The molecule has 6 heteroatoms. The van der Waals surface area contributed by atoms with Crippen molar-refractivity contribution in [1.29, 1.82) is 0 Å². The van der Waals surface area contributed by atoms with Crippen LogP contribution in [0, 0.1) is 13.8 Å². The number of hydrogen-bond acceptors (Lipinski definition) is 3. The fraction of sp³-hybridized carbons (Fsp3) is 0.300. The number of rotatable bonds is 4. The molecule has 1 saturated heterocycles. The third-order valence-corrected chi connectivity index (χ3v) is 5.59. The van der Waals surface area contributed by atoms with Crippen molar-refractivity contribution in [3.05, 3.63) is 77.3 Å². The molecule has 1 aliphatic rings. The summed E-state index contributed by atoms with van der Waals surface area (Å²) < 4.78 is 7.80. The predicted molar refractivity (Wildman–Crippen MR) is 105 cm³/mol. The third kappa shape index (κ3) is 2.80. The van der Waals surface area contributed by atoms with E-state index in [1.165, 1.54) is 17.0 Å². The molecule has 0 spiro atoms. The molecule has 0 saturated carbocycles. The van der Waals surface area contributed by atoms with Crippen molar-refractivity contribution in [1.82, 2.24) is 19.8 Å². The Morgan fingerprint density at radius 2 is 2.08 bits per heavy atom. The normalized spacial score (nSPS) is 19.8. The molecule has 3 aromatic heterocycles. The van der Waals surface area contributed by atoms with Gasteiger partial charge in [-0.1, -0.05) is 6.07 Å². The van der Waals surface area contributed by atoms with E-state index in [9.17, 15) is 0 Å². The van der Waals surface area contributed by atoms with Gasteiger partial charge in [0, 0.05) is 24.6 Å². The first kappa shape index (κ1) is 16.8. The van der Waals surface area contributed by atoms with Gasteiger partial charge in [0.1, 0.15) is 5.76 Å². The van der Waals surface area contributed by atoms with Gasteiger partial charge in [-0.05, 0) is 62.0 Å². The summed E-state index contributed by atoms with van der Waals surface area (Å²) in [6.45, 7) is 4.91. The quantitative estimate of drug-likeness (QED) is 0.712. The topological polar surface area (TPSA) is 46.2 Å². The standard InChI is InChI=1S/C20H22N4OS/c1-13-11-16(14(2)23(13)3)19-18(17-8-4-5-9-21-17)22-20(26)24(19)12-15-7-6-10-25-15/h4-11,18-19H,12H2,1-3H3,(H,22,26)/t18-,19-/m0/s1. The van der Waals surface area contributed by atoms with Crippen molar-refractivity contribution < 1.29 is 4.42 Å². The van der Waals surface area contributed by atoms with Crippen LogP contribution in [0.2, 0.25) is 0 Å². The Kier molecular flexibility index (Phi) is 4.28. The van der Waals surface area contributed by atoms with E-state index in [4.69, 9.17) is 16.6 Å². The van der Waals surface area contributed by atoms with Crippen LogP contribution < -0.4 is 5.32 Å². The molecule has 0 aromatic carbocycles. The highest BCUT2D eigenvalue weighted by atomic mass is 32.1. The molecule has 0 unspecified atom stereocenters. The number of pyridine rings is 1. The minimum absolute atomic E-state index is 0.000776. The average molecular weight is 366 g/mol. The van der Waals surface area contributed by atoms with Gasteiger partial charge in [-0.15, -0.1) is 0 Å². The summed E-state index contributed by atoms with van der Waals surface area (Å²) in [5.74, 6) is 0.895. The largest absolute Gasteiger partial charge is 0.467 e. The molecule has 134 valence electrons. The maximum absolute atomic E-state index is 5.69. The van der Waals surface area contributed by atoms with Gasteiger partial charge in [0.15, 0.2) is 5.11 Å². The molecular weight excluding hydrogens is 344 g/mol. The Bertz CT molecular complexity index is 917. The number of aryl methyl sites for hydroxylation is 1. The molecule has 1 N–H and O–H groups in total. The van der Waals surface area contributed by atoms with Gasteiger partial charge >= 0.3 is 0 Å². The summed E-state index contributed by atoms with van der Waals surface area (Å²) in [5.41, 5.74) is 4.72. The SMILES string of the molecule is Cc1cc([C@H]2[C@H](c3ccccn3)NC(=S)N2Cc2ccco2)c(C)n1C. The third-order valence-electron chi connectivity index (χ3n) is 5.24. The van der Waals surface area contributed by atoms with Crippen molar-refractivity contribution in [3.63, 3.8) is 0 Å². The first-order chi connectivity index (χ1) is 12.6. The van der Waals surface area contributed by atoms with Crippen LogP contribution in [-0.2, 0) is 13.6 Å². The molecule has 1 aliphatic heterocycles. The van der Waals surface area contributed by atoms with E-state index in [0.29, 0.717) is 6.54 Å². The van der Waals surface area contributed by atoms with E-state index in [1.807, 2.05) is 30.5 Å². The smallest absolute Gasteiger partial charge is 0.170 e. The first-order valence-electron chi connectivity index (χ1n) is 8.69. The average Bonchev–Trinajstić information content (AvgIpc) is 3.33. The minimum Gasteiger partial charge on any atom is -0.467 e. The second kappa shape index (κ2) is 6.61. The number of nitrogens with zero attached hydrogens (tertiary/aromatic N) is 3. The number of nitrogens with one attached hydrogen (secondary N) is 1. The Balaban J connectivity index is 1.79. The lowest BCUT2D eigenvalue weighted by Gasteiger charge is -2.27. The van der Waals surface area contributed by atoms with E-state index >= 15 is 0 Å². The molecule has 0 amide bonds. The second-order valence-corrected chi connectivity index (χ2v) is 7.11. The maximum atomic E-state index is 5.69. The van der Waals surface area contributed by atoms with Crippen molar-refractivity contribution in [2.24, 2.45) is 7.05 Å². The van der Waals surface area contributed by atoms with Crippen LogP contribution in [0.3, 0.4) is 0 Å². The molecule has 0 bridgehead atoms. The van der Waals surface area contributed by atoms with E-state index in [0.717, 1.165) is 16.6 Å². The van der Waals surface area contributed by atoms with Gasteiger partial charge < -0.3 is 19.2 Å². The van der Waals surface area contributed by atoms with Gasteiger partial charge in [-0.2, -0.15) is 0 Å². The van der Waals surface area contributed by atoms with Crippen LogP contribution in [0.1, 0.15) is 40.5 Å². The Morgan fingerprint density at radius 1 is 1.23 bits per heavy atom. The summed E-state index contributed by atoms with van der Waals surface area (Å²) in [6, 6.07) is 12.2. The second-order valence-electron chi connectivity index (χ2n) is 6.72. The first-order valence-corrected chi connectivity index (χ1v) is 9.10. The Morgan fingerprint density at radius 3 is 2.69 bits per heavy atom. The fourth-order valence-corrected chi connectivity index (χ4v) is 3.97. The monoisotopic (exact) mass is 366 g/mol. The fourth-order valence-electron chi connectivity index (χ4n) is 3.67. The van der Waals surface area contributed by atoms with E-state index in [-0.39, 0.29) is 12.1 Å². The zero-order chi connectivity index (χ0) is 18.3. The highest BCUT2D eigenvalue weighted by molar-refractivity contribution is 7.80. The summed E-state index contributed by atoms with van der Waals surface area (Å²) in [4.78, 5) is 6.79. The van der Waals surface area contributed by atoms with E-state index in [2.05, 4.69) is 52.8 Å². The molecule has 2 atom stereocenters. The predicted octanol–water partition coefficient (Wildman–Crippen LogP) is 3.80. The number of thiocarbonyl (C=S) groups is 1. The lowest BCUT2D eigenvalue weighted by atomic mass is 9.96. The number of furan rings is 1. The van der Waals surface area contributed by atoms with Gasteiger partial charge in [-0.3, -0.25) is 4.98 Å². The van der Waals surface area contributed by atoms with Crippen molar-refractivity contribution in [2.75, 3.05) is 0 Å². The Labute approximate surface area is 158 Å². The summed E-state index contributed by atoms with van der Waals surface area (Å²) >= 11 is 5.69. The van der Waals surface area contributed by atoms with Gasteiger partial charge in [-0.25, -0.2) is 0 Å². The molecular formula is C20H22N4OS. The molecule has 4 heterocycles. The van der Waals surface area contributed by atoms with Crippen molar-refractivity contribution in [2.45, 2.75) is 32.5 Å². The maximum Gasteiger partial charge on any atom is 0.170 e. The van der Waals surface area contributed by atoms with Crippen LogP contribution in [0.25, 0.3) is 0 Å². The Hall–Kier alpha value is -2.60. The van der Waals surface area contributed by atoms with Crippen LogP contribution in [0.5, 0.6) is 0 Å². The van der Waals surface area contributed by atoms with Crippen LogP contribution in [-0.4, -0.2) is 19.6 Å². The summed E-state index contributed by atoms with van der Waals surface area (Å²) in [5, 5.41) is 4.21. The molecule has 3 aromatic rings. The summed E-state index contributed by atoms with van der Waals surface area (Å²) in [7, 11) is 2.10. The van der Waals surface area contributed by atoms with E-state index < -0.39 is 0 Å². The minimum atomic E-state index is -0.000776. The lowest BCUT2D eigenvalue weighted by molar-refractivity contribution is 0.286. The van der Waals surface area contributed by atoms with Crippen LogP contribution in [0.4, 0.5) is 0 Å². The highest BCUT2D eigenvalue weighted by Crippen LogP contribution is 2.41. The lowest BCUT2D eigenvalue weighted by Crippen LogP contribution is -2.29. The highest BCUT2D eigenvalue weighted by Gasteiger charge is 2.41. The molecule has 0 aliphatic carbocycles. The van der Waals surface area contributed by atoms with Gasteiger partial charge in [0.2, 0.25) is 0 Å². The molecule has 0 radical (unpaired) electrons. The van der Waals surface area contributed by atoms with Crippen LogP contribution in [0.15, 0.2) is 53.3 Å². The van der Waals surface area contributed by atoms with Crippen molar-refractivity contribution in [3.8, 4) is 0 Å². The zero-order valence-corrected chi connectivity index (χ0v) is 16.0. The van der Waals surface area contributed by atoms with Crippen LogP contribution >= 0.6 is 12.2 Å².